The van der Waals surface area contributed by atoms with Crippen molar-refractivity contribution >= 4 is 46.2 Å². The molecule has 0 unspecified atom stereocenters. The first-order valence-corrected chi connectivity index (χ1v) is 24.7. The number of hydrazone groups is 1. The molecule has 2 fully saturated rings. The van der Waals surface area contributed by atoms with E-state index >= 15 is 0 Å². The monoisotopic (exact) mass is 1010 g/mol. The molecule has 0 radical (unpaired) electrons. The van der Waals surface area contributed by atoms with E-state index in [-0.39, 0.29) is 50.4 Å². The Balaban J connectivity index is 0.000000775. The summed E-state index contributed by atoms with van der Waals surface area (Å²) in [5.74, 6) is -3.70. The molecule has 4 aliphatic heterocycles. The number of nitrogen functional groups attached to an aromatic ring is 1. The predicted molar refractivity (Wildman–Crippen MR) is 273 cm³/mol. The molecule has 1 aliphatic carbocycles. The number of benzene rings is 2. The van der Waals surface area contributed by atoms with Gasteiger partial charge in [-0.25, -0.2) is 5.84 Å². The lowest BCUT2D eigenvalue weighted by molar-refractivity contribution is -0.160. The quantitative estimate of drug-likeness (QED) is 0.0294. The van der Waals surface area contributed by atoms with Crippen LogP contribution in [0.15, 0.2) is 65.8 Å². The molecule has 9 N–H and O–H groups in total. The average molecular weight is 1010 g/mol. The average Bonchev–Trinajstić information content (AvgIpc) is 4.02. The van der Waals surface area contributed by atoms with E-state index in [0.717, 1.165) is 13.1 Å². The zero-order valence-electron chi connectivity index (χ0n) is 43.0. The molecule has 20 heteroatoms. The fourth-order valence-electron chi connectivity index (χ4n) is 10.1. The van der Waals surface area contributed by atoms with E-state index in [9.17, 15) is 44.7 Å². The number of aromatic hydroxyl groups is 3. The van der Waals surface area contributed by atoms with E-state index in [1.165, 1.54) is 97.5 Å². The number of piperazine rings is 1. The van der Waals surface area contributed by atoms with Gasteiger partial charge in [0.15, 0.2) is 5.75 Å². The van der Waals surface area contributed by atoms with Crippen LogP contribution in [0, 0.1) is 30.6 Å². The second kappa shape index (κ2) is 24.0. The maximum atomic E-state index is 14.5. The number of esters is 1. The van der Waals surface area contributed by atoms with Crippen LogP contribution in [0.25, 0.3) is 10.8 Å². The Bertz CT molecular complexity index is 2630. The minimum absolute atomic E-state index is 0.0631. The van der Waals surface area contributed by atoms with Crippen LogP contribution >= 0.6 is 0 Å². The van der Waals surface area contributed by atoms with Gasteiger partial charge in [0.25, 0.3) is 17.6 Å². The SMILES string of the molecule is CO[C@H]1/C=C/O[C@@]2(C)Oc3c(C)c(O)c4c(O)c(c(/C=N\N5CCN(C6CCCC6)CC5)c(O)c4c3C2=O)NC(=O)/C(C)=C\C=C\[C@@H](C)[C@H](O)[C@@H](C)[C@H](O)[C@@H](C)[C@H](OC(C)=O)[C@@H]1C.NNC(=O)c1ccncc1. The number of aliphatic hydroxyl groups is 2. The predicted octanol–water partition coefficient (Wildman–Crippen LogP) is 5.33. The van der Waals surface area contributed by atoms with Crippen molar-refractivity contribution in [3.05, 3.63) is 82.9 Å². The summed E-state index contributed by atoms with van der Waals surface area (Å²) in [7, 11) is 1.44. The maximum absolute atomic E-state index is 14.5. The van der Waals surface area contributed by atoms with Crippen LogP contribution in [-0.4, -0.2) is 140 Å². The number of amides is 2. The number of carbonyl (C=O) groups is 4. The number of aliphatic hydroxyl groups excluding tert-OH is 2. The van der Waals surface area contributed by atoms with Crippen molar-refractivity contribution in [3.63, 3.8) is 0 Å². The molecule has 9 atom stereocenters. The molecule has 1 saturated heterocycles. The third-order valence-electron chi connectivity index (χ3n) is 14.6. The Morgan fingerprint density at radius 3 is 2.21 bits per heavy atom. The van der Waals surface area contributed by atoms with Gasteiger partial charge in [0.05, 0.1) is 53.0 Å². The molecule has 396 valence electrons. The Hall–Kier alpha value is -6.58. The number of phenols is 3. The molecule has 1 saturated carbocycles. The zero-order valence-corrected chi connectivity index (χ0v) is 43.0. The lowest BCUT2D eigenvalue weighted by atomic mass is 9.78. The second-order valence-corrected chi connectivity index (χ2v) is 19.5. The van der Waals surface area contributed by atoms with Crippen LogP contribution in [0.4, 0.5) is 5.69 Å². The molecule has 73 heavy (non-hydrogen) atoms. The largest absolute Gasteiger partial charge is 0.507 e. The molecular weight excluding hydrogens is 943 g/mol. The number of hydrogen-bond donors (Lipinski definition) is 8. The van der Waals surface area contributed by atoms with Gasteiger partial charge in [-0.3, -0.25) is 39.5 Å². The number of nitrogens with two attached hydrogens (primary N) is 1. The van der Waals surface area contributed by atoms with E-state index < -0.39 is 88.8 Å². The van der Waals surface area contributed by atoms with Gasteiger partial charge >= 0.3 is 11.8 Å². The fourth-order valence-corrected chi connectivity index (χ4v) is 10.1. The number of rotatable bonds is 6. The third kappa shape index (κ3) is 12.1. The van der Waals surface area contributed by atoms with Crippen molar-refractivity contribution in [2.24, 2.45) is 34.6 Å². The van der Waals surface area contributed by atoms with Crippen molar-refractivity contribution in [3.8, 4) is 23.0 Å². The number of nitrogens with zero attached hydrogens (tertiary/aromatic N) is 4. The highest BCUT2D eigenvalue weighted by molar-refractivity contribution is 6.24. The summed E-state index contributed by atoms with van der Waals surface area (Å²) in [5, 5.41) is 67.6. The molecular formula is C53H71N7O13. The number of carbonyl (C=O) groups excluding carboxylic acids is 4. The van der Waals surface area contributed by atoms with Crippen LogP contribution < -0.4 is 21.3 Å². The molecule has 5 heterocycles. The van der Waals surface area contributed by atoms with Crippen molar-refractivity contribution in [2.75, 3.05) is 38.6 Å². The lowest BCUT2D eigenvalue weighted by Crippen LogP contribution is -2.47. The topological polar surface area (TPSA) is 288 Å². The smallest absolute Gasteiger partial charge is 0.312 e. The van der Waals surface area contributed by atoms with Crippen LogP contribution in [0.2, 0.25) is 0 Å². The summed E-state index contributed by atoms with van der Waals surface area (Å²) in [4.78, 5) is 57.7. The number of aromatic nitrogens is 1. The standard InChI is InChI=1S/C47H64N4O12.C6H7N3O/c1-24-13-12-14-25(2)46(59)49-37-32(23-48-51-20-18-50(19-21-51)31-15-10-11-16-31)41(56)34-35(42(37)57)40(55)29(6)44-36(34)45(58)47(8,63-44)61-22-17-33(60-9)26(3)43(62-30(7)52)28(5)39(54)27(4)38(24)53;7-9-6(10)5-1-3-8-4-2-5/h12-14,17,22-24,26-28,31,33,38-39,43,53-57H,10-11,15-16,18-21H2,1-9H3,(H,49,59);1-4H,7H2,(H,9,10)/b13-12+,22-17+,25-14-,48-23-;/t24-,26-,27-,28-,33+,38+,39+,43-,47+;/m1./s1. The number of anilines is 1. The molecule has 1 aromatic heterocycles. The third-order valence-corrected chi connectivity index (χ3v) is 14.6. The van der Waals surface area contributed by atoms with E-state index in [0.29, 0.717) is 24.7 Å². The Labute approximate surface area is 425 Å². The lowest BCUT2D eigenvalue weighted by Gasteiger charge is -2.38. The first kappa shape index (κ1) is 55.7. The molecule has 5 aliphatic rings. The summed E-state index contributed by atoms with van der Waals surface area (Å²) in [6, 6.07) is 3.72. The van der Waals surface area contributed by atoms with Gasteiger partial charge in [0.1, 0.15) is 23.4 Å². The van der Waals surface area contributed by atoms with Gasteiger partial charge in [0, 0.05) is 111 Å². The summed E-state index contributed by atoms with van der Waals surface area (Å²) < 4.78 is 23.7. The van der Waals surface area contributed by atoms with Crippen molar-refractivity contribution in [2.45, 2.75) is 117 Å². The van der Waals surface area contributed by atoms with E-state index in [1.54, 1.807) is 52.0 Å². The summed E-state index contributed by atoms with van der Waals surface area (Å²) in [6.07, 6.45) is 12.8. The number of fused-ring (bicyclic) bond motifs is 14. The molecule has 0 spiro atoms. The molecule has 8 rings (SSSR count). The molecule has 20 nitrogen and oxygen atoms in total. The number of phenolic OH excluding ortho intramolecular Hbond substituents is 3. The van der Waals surface area contributed by atoms with Crippen LogP contribution in [0.1, 0.15) is 106 Å². The fraction of sp³-hybridized carbons (Fsp3) is 0.509. The maximum Gasteiger partial charge on any atom is 0.312 e. The highest BCUT2D eigenvalue weighted by Gasteiger charge is 2.50. The number of hydrazine groups is 1. The van der Waals surface area contributed by atoms with Crippen molar-refractivity contribution < 1.29 is 63.7 Å². The zero-order chi connectivity index (χ0) is 53.5. The second-order valence-electron chi connectivity index (χ2n) is 19.5. The van der Waals surface area contributed by atoms with Gasteiger partial charge in [0.2, 0.25) is 0 Å². The number of methoxy groups -OCH3 is 1. The minimum atomic E-state index is -2.04. The first-order chi connectivity index (χ1) is 34.6. The minimum Gasteiger partial charge on any atom is -0.507 e. The Morgan fingerprint density at radius 2 is 1.59 bits per heavy atom. The van der Waals surface area contributed by atoms with E-state index in [1.807, 2.05) is 10.4 Å². The van der Waals surface area contributed by atoms with Gasteiger partial charge in [-0.05, 0) is 44.9 Å². The normalized spacial score (nSPS) is 29.2. The number of nitrogens with one attached hydrogen (secondary N) is 2. The van der Waals surface area contributed by atoms with Crippen LogP contribution in [0.3, 0.4) is 0 Å². The molecule has 5 bridgehead atoms. The number of allylic oxidation sites excluding steroid dienone is 2. The van der Waals surface area contributed by atoms with Gasteiger partial charge in [-0.2, -0.15) is 5.10 Å². The van der Waals surface area contributed by atoms with Gasteiger partial charge in [-0.15, -0.1) is 0 Å². The highest BCUT2D eigenvalue weighted by Crippen LogP contribution is 2.55. The summed E-state index contributed by atoms with van der Waals surface area (Å²) in [6.45, 7) is 15.4. The first-order valence-electron chi connectivity index (χ1n) is 24.7. The summed E-state index contributed by atoms with van der Waals surface area (Å²) >= 11 is 0. The van der Waals surface area contributed by atoms with Gasteiger partial charge in [-0.1, -0.05) is 58.8 Å². The van der Waals surface area contributed by atoms with E-state index in [2.05, 4.69) is 20.3 Å². The number of ether oxygens (including phenoxy) is 4. The Morgan fingerprint density at radius 1 is 0.932 bits per heavy atom. The van der Waals surface area contributed by atoms with Crippen molar-refractivity contribution in [1.29, 1.82) is 0 Å². The highest BCUT2D eigenvalue weighted by atomic mass is 16.7. The number of pyridine rings is 1. The van der Waals surface area contributed by atoms with E-state index in [4.69, 9.17) is 24.8 Å². The van der Waals surface area contributed by atoms with Crippen LogP contribution in [0.5, 0.6) is 23.0 Å². The summed E-state index contributed by atoms with van der Waals surface area (Å²) in [5.41, 5.74) is 2.23. The molecule has 3 aromatic rings. The molecule has 2 amide bonds. The molecule has 2 aromatic carbocycles. The number of hydrogen-bond acceptors (Lipinski definition) is 18. The number of Topliss-reactive ketones (excluding diaryl/α,β-unsaturated/α-hetero) is 1. The number of ketones is 1. The van der Waals surface area contributed by atoms with Crippen LogP contribution in [-0.2, 0) is 23.8 Å². The van der Waals surface area contributed by atoms with Crippen molar-refractivity contribution in [1.82, 2.24) is 20.3 Å². The van der Waals surface area contributed by atoms with Gasteiger partial charge < -0.3 is 49.8 Å². The Kier molecular flexibility index (Phi) is 18.3.